The molecule has 2 fully saturated rings. The van der Waals surface area contributed by atoms with Gasteiger partial charge in [-0.15, -0.1) is 0 Å². The summed E-state index contributed by atoms with van der Waals surface area (Å²) < 4.78 is 23.4. The number of nitrogens with one attached hydrogen (secondary N) is 1. The highest BCUT2D eigenvalue weighted by Gasteiger charge is 2.64. The summed E-state index contributed by atoms with van der Waals surface area (Å²) in [5, 5.41) is 24.5. The van der Waals surface area contributed by atoms with Crippen LogP contribution in [0.25, 0.3) is 0 Å². The number of anilines is 1. The molecule has 2 saturated heterocycles. The number of methoxy groups -OCH3 is 1. The van der Waals surface area contributed by atoms with Crippen molar-refractivity contribution in [2.24, 2.45) is 5.92 Å². The Hall–Kier alpha value is -3.14. The fraction of sp³-hybridized carbons (Fsp3) is 0.600. The number of fused-ring (bicyclic) bond motifs is 5. The average molecular weight is 738 g/mol. The number of esters is 1. The second kappa shape index (κ2) is 16.0. The maximum absolute atomic E-state index is 14.0. The molecular weight excluding hydrogens is 690 g/mol. The van der Waals surface area contributed by atoms with Crippen molar-refractivity contribution in [3.63, 3.8) is 0 Å². The molecule has 0 saturated carbocycles. The van der Waals surface area contributed by atoms with Gasteiger partial charge < -0.3 is 39.0 Å². The molecule has 50 heavy (non-hydrogen) atoms. The molecule has 0 radical (unpaired) electrons. The van der Waals surface area contributed by atoms with Crippen molar-refractivity contribution < 1.29 is 48.3 Å². The highest BCUT2D eigenvalue weighted by molar-refractivity contribution is 7.80. The molecule has 15 heteroatoms. The van der Waals surface area contributed by atoms with Crippen LogP contribution in [0.4, 0.5) is 10.5 Å². The topological polar surface area (TPSA) is 167 Å². The SMILES string of the molecule is CO[C@@H]1C=CC=C(C)Cc2cc(CO)c(Cl)c(c2)N(C)C(=O)C[C@H](OC(=O)[C@H](C)N(C)C(=O)CCS)[C@]2(C)O[C@H]2[C@H](C)[C@@H]2C[C@@]1(O)NC(=O)O2. The number of thiol groups is 1. The molecule has 1 aromatic rings. The summed E-state index contributed by atoms with van der Waals surface area (Å²) in [5.41, 5.74) is -0.600. The quantitative estimate of drug-likeness (QED) is 0.185. The number of carbonyl (C=O) groups is 4. The normalized spacial score (nSPS) is 30.7. The molecule has 0 aromatic heterocycles. The molecule has 3 amide bonds. The lowest BCUT2D eigenvalue weighted by molar-refractivity contribution is -0.161. The Labute approximate surface area is 303 Å². The van der Waals surface area contributed by atoms with Crippen LogP contribution >= 0.6 is 24.2 Å². The van der Waals surface area contributed by atoms with Crippen LogP contribution < -0.4 is 10.2 Å². The van der Waals surface area contributed by atoms with E-state index < -0.39 is 65.7 Å². The third-order valence-electron chi connectivity index (χ3n) is 9.91. The number of aliphatic hydroxyl groups excluding tert-OH is 1. The molecular formula is C35H48ClN3O10S. The number of likely N-dealkylation sites (N-methyl/N-ethyl adjacent to an activating group) is 1. The van der Waals surface area contributed by atoms with Gasteiger partial charge in [0.1, 0.15) is 30.0 Å². The van der Waals surface area contributed by atoms with Crippen LogP contribution in [0.5, 0.6) is 0 Å². The summed E-state index contributed by atoms with van der Waals surface area (Å²) in [5.74, 6) is -1.74. The fourth-order valence-electron chi connectivity index (χ4n) is 6.55. The smallest absolute Gasteiger partial charge is 0.409 e. The van der Waals surface area contributed by atoms with E-state index in [-0.39, 0.29) is 36.8 Å². The number of alkyl carbamates (subject to hydrolysis) is 1. The number of hydrogen-bond acceptors (Lipinski definition) is 11. The minimum atomic E-state index is -1.83. The van der Waals surface area contributed by atoms with Gasteiger partial charge in [0, 0.05) is 40.0 Å². The molecule has 13 nitrogen and oxygen atoms in total. The molecule has 4 bridgehead atoms. The Balaban J connectivity index is 1.78. The summed E-state index contributed by atoms with van der Waals surface area (Å²) in [6.45, 7) is 6.55. The number of allylic oxidation sites excluding steroid dienone is 3. The maximum Gasteiger partial charge on any atom is 0.409 e. The van der Waals surface area contributed by atoms with E-state index in [0.717, 1.165) is 11.1 Å². The van der Waals surface area contributed by atoms with E-state index in [1.54, 1.807) is 45.2 Å². The minimum absolute atomic E-state index is 0.0587. The number of aliphatic hydroxyl groups is 2. The van der Waals surface area contributed by atoms with E-state index in [1.165, 1.54) is 30.9 Å². The Bertz CT molecular complexity index is 1540. The molecule has 0 aliphatic carbocycles. The van der Waals surface area contributed by atoms with E-state index in [1.807, 2.05) is 13.0 Å². The minimum Gasteiger partial charge on any atom is -0.457 e. The van der Waals surface area contributed by atoms with Gasteiger partial charge in [0.15, 0.2) is 5.72 Å². The highest BCUT2D eigenvalue weighted by atomic mass is 35.5. The summed E-state index contributed by atoms with van der Waals surface area (Å²) >= 11 is 10.8. The molecule has 276 valence electrons. The third kappa shape index (κ3) is 8.48. The van der Waals surface area contributed by atoms with Crippen molar-refractivity contribution in [1.82, 2.24) is 10.2 Å². The largest absolute Gasteiger partial charge is 0.457 e. The lowest BCUT2D eigenvalue weighted by atomic mass is 9.83. The zero-order chi connectivity index (χ0) is 37.1. The zero-order valence-corrected chi connectivity index (χ0v) is 31.1. The van der Waals surface area contributed by atoms with Gasteiger partial charge in [0.2, 0.25) is 11.8 Å². The fourth-order valence-corrected chi connectivity index (χ4v) is 7.04. The number of amides is 3. The van der Waals surface area contributed by atoms with Crippen molar-refractivity contribution in [3.8, 4) is 0 Å². The van der Waals surface area contributed by atoms with Gasteiger partial charge in [0.05, 0.1) is 29.8 Å². The standard InChI is InChI=1S/C35H48ClN3O10S/c1-19-9-8-10-26(46-7)35(45)17-25(47-33(44)37-35)20(2)31-34(4,49-31)27(48-32(43)21(3)38(5)28(41)11-12-50)16-29(42)39(6)24-15-22(13-19)14-23(18-40)30(24)36/h8-10,14-15,20-21,25-27,31,40,45,50H,11-13,16-18H2,1-7H3,(H,37,44)/t20-,21+,25+,26-,27+,31+,34+,35+/m1/s1. The van der Waals surface area contributed by atoms with Gasteiger partial charge in [-0.2, -0.15) is 12.6 Å². The van der Waals surface area contributed by atoms with Crippen LogP contribution in [-0.4, -0.2) is 108 Å². The average Bonchev–Trinajstić information content (AvgIpc) is 3.76. The molecule has 3 aliphatic heterocycles. The molecule has 8 atom stereocenters. The molecule has 3 N–H and O–H groups in total. The van der Waals surface area contributed by atoms with E-state index in [9.17, 15) is 29.4 Å². The molecule has 4 rings (SSSR count). The molecule has 1 aromatic carbocycles. The van der Waals surface area contributed by atoms with Gasteiger partial charge in [-0.3, -0.25) is 14.9 Å². The Morgan fingerprint density at radius 3 is 2.64 bits per heavy atom. The summed E-state index contributed by atoms with van der Waals surface area (Å²) in [7, 11) is 4.45. The number of hydrogen-bond donors (Lipinski definition) is 4. The second-order valence-electron chi connectivity index (χ2n) is 13.5. The Morgan fingerprint density at radius 2 is 2.00 bits per heavy atom. The van der Waals surface area contributed by atoms with E-state index in [0.29, 0.717) is 23.4 Å². The number of epoxide rings is 1. The van der Waals surface area contributed by atoms with Gasteiger partial charge in [0.25, 0.3) is 0 Å². The van der Waals surface area contributed by atoms with Crippen molar-refractivity contribution in [2.45, 2.75) is 102 Å². The monoisotopic (exact) mass is 737 g/mol. The van der Waals surface area contributed by atoms with Gasteiger partial charge in [-0.1, -0.05) is 48.4 Å². The number of halogens is 1. The van der Waals surface area contributed by atoms with Crippen molar-refractivity contribution in [2.75, 3.05) is 31.9 Å². The first-order valence-electron chi connectivity index (χ1n) is 16.5. The molecule has 0 unspecified atom stereocenters. The maximum atomic E-state index is 14.0. The zero-order valence-electron chi connectivity index (χ0n) is 29.5. The first kappa shape index (κ1) is 39.6. The van der Waals surface area contributed by atoms with Crippen LogP contribution in [0.15, 0.2) is 35.9 Å². The number of nitrogens with zero attached hydrogens (tertiary/aromatic N) is 2. The highest BCUT2D eigenvalue weighted by Crippen LogP contribution is 2.49. The van der Waals surface area contributed by atoms with Gasteiger partial charge in [-0.05, 0) is 50.1 Å². The van der Waals surface area contributed by atoms with Crippen LogP contribution in [0, 0.1) is 5.92 Å². The van der Waals surface area contributed by atoms with Crippen LogP contribution in [-0.2, 0) is 46.4 Å². The van der Waals surface area contributed by atoms with Gasteiger partial charge >= 0.3 is 12.1 Å². The Morgan fingerprint density at radius 1 is 1.30 bits per heavy atom. The predicted octanol–water partition coefficient (Wildman–Crippen LogP) is 3.32. The second-order valence-corrected chi connectivity index (χ2v) is 14.3. The number of carbonyl (C=O) groups excluding carboxylic acids is 4. The first-order valence-corrected chi connectivity index (χ1v) is 17.5. The number of rotatable bonds is 7. The van der Waals surface area contributed by atoms with Crippen LogP contribution in [0.3, 0.4) is 0 Å². The van der Waals surface area contributed by atoms with Crippen molar-refractivity contribution >= 4 is 53.8 Å². The van der Waals surface area contributed by atoms with E-state index >= 15 is 0 Å². The van der Waals surface area contributed by atoms with Crippen LogP contribution in [0.1, 0.15) is 58.1 Å². The van der Waals surface area contributed by atoms with E-state index in [4.69, 9.17) is 30.5 Å². The Kier molecular flexibility index (Phi) is 12.7. The van der Waals surface area contributed by atoms with Crippen molar-refractivity contribution in [1.29, 1.82) is 0 Å². The number of benzene rings is 1. The molecule has 3 aliphatic rings. The van der Waals surface area contributed by atoms with Gasteiger partial charge in [-0.25, -0.2) is 9.59 Å². The third-order valence-corrected chi connectivity index (χ3v) is 10.6. The predicted molar refractivity (Wildman–Crippen MR) is 189 cm³/mol. The summed E-state index contributed by atoms with van der Waals surface area (Å²) in [4.78, 5) is 55.5. The number of ether oxygens (including phenoxy) is 4. The first-order chi connectivity index (χ1) is 23.5. The lowest BCUT2D eigenvalue weighted by Crippen LogP contribution is -2.63. The molecule has 0 spiro atoms. The lowest BCUT2D eigenvalue weighted by Gasteiger charge is -2.42. The van der Waals surface area contributed by atoms with E-state index in [2.05, 4.69) is 17.9 Å². The summed E-state index contributed by atoms with van der Waals surface area (Å²) in [6, 6.07) is 2.53. The summed E-state index contributed by atoms with van der Waals surface area (Å²) in [6.07, 6.45) is 0.896. The molecule has 3 heterocycles. The van der Waals surface area contributed by atoms with Crippen LogP contribution in [0.2, 0.25) is 5.02 Å². The van der Waals surface area contributed by atoms with Crippen molar-refractivity contribution in [3.05, 3.63) is 52.1 Å².